The summed E-state index contributed by atoms with van der Waals surface area (Å²) in [6.45, 7) is 1.71. The summed E-state index contributed by atoms with van der Waals surface area (Å²) < 4.78 is 7.13. The Labute approximate surface area is 111 Å². The van der Waals surface area contributed by atoms with Crippen LogP contribution in [0.1, 0.15) is 12.8 Å². The van der Waals surface area contributed by atoms with Crippen LogP contribution in [0.4, 0.5) is 5.69 Å². The molecule has 1 atom stereocenters. The second-order valence-corrected chi connectivity index (χ2v) is 4.70. The van der Waals surface area contributed by atoms with Crippen molar-refractivity contribution in [3.05, 3.63) is 47.1 Å². The van der Waals surface area contributed by atoms with Gasteiger partial charge in [-0.2, -0.15) is 0 Å². The molecule has 0 amide bonds. The molecule has 5 nitrogen and oxygen atoms in total. The minimum Gasteiger partial charge on any atom is -0.382 e. The molecular formula is C14H17N3O2. The molecule has 2 N–H and O–H groups in total. The summed E-state index contributed by atoms with van der Waals surface area (Å²) in [5.74, 6) is 0. The number of rotatable bonds is 4. The summed E-state index contributed by atoms with van der Waals surface area (Å²) in [4.78, 5) is 14.1. The number of hydrogen-bond acceptors (Lipinski definition) is 3. The van der Waals surface area contributed by atoms with Gasteiger partial charge in [0.1, 0.15) is 0 Å². The average molecular weight is 259 g/mol. The van der Waals surface area contributed by atoms with E-state index in [-0.39, 0.29) is 5.69 Å². The molecule has 0 aliphatic carbocycles. The van der Waals surface area contributed by atoms with Gasteiger partial charge in [-0.05, 0) is 37.1 Å². The van der Waals surface area contributed by atoms with Crippen LogP contribution in [-0.4, -0.2) is 28.8 Å². The number of aromatic nitrogens is 2. The molecule has 1 aromatic carbocycles. The maximum Gasteiger partial charge on any atom is 0.330 e. The summed E-state index contributed by atoms with van der Waals surface area (Å²) in [6.07, 6.45) is 5.96. The maximum atomic E-state index is 11.5. The highest BCUT2D eigenvalue weighted by Gasteiger charge is 2.14. The van der Waals surface area contributed by atoms with Gasteiger partial charge in [0.25, 0.3) is 0 Å². The molecule has 1 unspecified atom stereocenters. The first-order valence-electron chi connectivity index (χ1n) is 6.55. The predicted molar refractivity (Wildman–Crippen MR) is 73.9 cm³/mol. The van der Waals surface area contributed by atoms with Crippen molar-refractivity contribution >= 4 is 5.69 Å². The van der Waals surface area contributed by atoms with Crippen molar-refractivity contribution in [3.8, 4) is 5.69 Å². The molecule has 3 rings (SSSR count). The highest BCUT2D eigenvalue weighted by molar-refractivity contribution is 5.48. The van der Waals surface area contributed by atoms with Gasteiger partial charge in [-0.15, -0.1) is 0 Å². The van der Waals surface area contributed by atoms with Gasteiger partial charge in [-0.3, -0.25) is 4.57 Å². The number of aromatic amines is 1. The molecule has 1 aromatic heterocycles. The van der Waals surface area contributed by atoms with Crippen LogP contribution in [0.2, 0.25) is 0 Å². The third kappa shape index (κ3) is 2.71. The standard InChI is InChI=1S/C14H17N3O2/c18-14-15-7-8-17(14)12-5-3-11(4-6-12)16-10-13-2-1-9-19-13/h3-8,13,16H,1-2,9-10H2,(H,15,18). The molecule has 1 saturated heterocycles. The smallest absolute Gasteiger partial charge is 0.330 e. The fourth-order valence-corrected chi connectivity index (χ4v) is 2.30. The van der Waals surface area contributed by atoms with Crippen molar-refractivity contribution in [3.63, 3.8) is 0 Å². The monoisotopic (exact) mass is 259 g/mol. The number of hydrogen-bond donors (Lipinski definition) is 2. The minimum atomic E-state index is -0.125. The number of anilines is 1. The van der Waals surface area contributed by atoms with E-state index in [0.717, 1.165) is 37.4 Å². The second-order valence-electron chi connectivity index (χ2n) is 4.70. The predicted octanol–water partition coefficient (Wildman–Crippen LogP) is 1.76. The average Bonchev–Trinajstić information content (AvgIpc) is 3.08. The molecule has 5 heteroatoms. The molecule has 1 fully saturated rings. The van der Waals surface area contributed by atoms with E-state index >= 15 is 0 Å². The largest absolute Gasteiger partial charge is 0.382 e. The molecular weight excluding hydrogens is 242 g/mol. The first kappa shape index (κ1) is 12.0. The molecule has 2 heterocycles. The van der Waals surface area contributed by atoms with Gasteiger partial charge in [-0.1, -0.05) is 0 Å². The Morgan fingerprint density at radius 2 is 2.21 bits per heavy atom. The lowest BCUT2D eigenvalue weighted by Crippen LogP contribution is -2.18. The minimum absolute atomic E-state index is 0.125. The van der Waals surface area contributed by atoms with Gasteiger partial charge < -0.3 is 15.0 Å². The Bertz CT molecular complexity index is 579. The topological polar surface area (TPSA) is 59.0 Å². The summed E-state index contributed by atoms with van der Waals surface area (Å²) >= 11 is 0. The number of H-pyrrole nitrogens is 1. The van der Waals surface area contributed by atoms with Crippen LogP contribution in [0.3, 0.4) is 0 Å². The van der Waals surface area contributed by atoms with Gasteiger partial charge in [0, 0.05) is 31.2 Å². The van der Waals surface area contributed by atoms with Crippen molar-refractivity contribution in [1.82, 2.24) is 9.55 Å². The summed E-state index contributed by atoms with van der Waals surface area (Å²) in [5, 5.41) is 3.35. The van der Waals surface area contributed by atoms with E-state index in [1.807, 2.05) is 24.3 Å². The van der Waals surface area contributed by atoms with Crippen molar-refractivity contribution < 1.29 is 4.74 Å². The zero-order valence-corrected chi connectivity index (χ0v) is 10.6. The van der Waals surface area contributed by atoms with Gasteiger partial charge in [0.15, 0.2) is 0 Å². The van der Waals surface area contributed by atoms with Crippen LogP contribution < -0.4 is 11.0 Å². The molecule has 0 saturated carbocycles. The molecule has 19 heavy (non-hydrogen) atoms. The third-order valence-corrected chi connectivity index (χ3v) is 3.35. The number of nitrogens with one attached hydrogen (secondary N) is 2. The zero-order chi connectivity index (χ0) is 13.1. The molecule has 1 aliphatic heterocycles. The zero-order valence-electron chi connectivity index (χ0n) is 10.6. The van der Waals surface area contributed by atoms with Gasteiger partial charge in [0.05, 0.1) is 11.8 Å². The Hall–Kier alpha value is -2.01. The van der Waals surface area contributed by atoms with Crippen LogP contribution in [-0.2, 0) is 4.74 Å². The quantitative estimate of drug-likeness (QED) is 0.879. The maximum absolute atomic E-state index is 11.5. The van der Waals surface area contributed by atoms with Crippen molar-refractivity contribution in [2.45, 2.75) is 18.9 Å². The Balaban J connectivity index is 1.65. The van der Waals surface area contributed by atoms with E-state index in [0.29, 0.717) is 6.10 Å². The number of imidazole rings is 1. The lowest BCUT2D eigenvalue weighted by Gasteiger charge is -2.12. The van der Waals surface area contributed by atoms with Crippen LogP contribution >= 0.6 is 0 Å². The van der Waals surface area contributed by atoms with E-state index in [1.54, 1.807) is 17.0 Å². The van der Waals surface area contributed by atoms with Crippen molar-refractivity contribution in [2.75, 3.05) is 18.5 Å². The highest BCUT2D eigenvalue weighted by Crippen LogP contribution is 2.15. The molecule has 0 bridgehead atoms. The van der Waals surface area contributed by atoms with E-state index in [1.165, 1.54) is 0 Å². The van der Waals surface area contributed by atoms with E-state index in [2.05, 4.69) is 10.3 Å². The van der Waals surface area contributed by atoms with Crippen LogP contribution in [0, 0.1) is 0 Å². The van der Waals surface area contributed by atoms with Crippen LogP contribution in [0.25, 0.3) is 5.69 Å². The van der Waals surface area contributed by atoms with Crippen LogP contribution in [0.15, 0.2) is 41.5 Å². The third-order valence-electron chi connectivity index (χ3n) is 3.35. The molecule has 100 valence electrons. The Morgan fingerprint density at radius 3 is 2.84 bits per heavy atom. The molecule has 2 aromatic rings. The molecule has 0 radical (unpaired) electrons. The Kier molecular flexibility index (Phi) is 3.37. The molecule has 1 aliphatic rings. The summed E-state index contributed by atoms with van der Waals surface area (Å²) in [6, 6.07) is 7.80. The second kappa shape index (κ2) is 5.32. The fraction of sp³-hybridized carbons (Fsp3) is 0.357. The van der Waals surface area contributed by atoms with E-state index in [9.17, 15) is 4.79 Å². The van der Waals surface area contributed by atoms with Gasteiger partial charge >= 0.3 is 5.69 Å². The number of nitrogens with zero attached hydrogens (tertiary/aromatic N) is 1. The highest BCUT2D eigenvalue weighted by atomic mass is 16.5. The van der Waals surface area contributed by atoms with Gasteiger partial charge in [0.2, 0.25) is 0 Å². The number of benzene rings is 1. The first-order chi connectivity index (χ1) is 9.33. The summed E-state index contributed by atoms with van der Waals surface area (Å²) in [5.41, 5.74) is 1.77. The fourth-order valence-electron chi connectivity index (χ4n) is 2.30. The van der Waals surface area contributed by atoms with Crippen molar-refractivity contribution in [1.29, 1.82) is 0 Å². The Morgan fingerprint density at radius 1 is 1.37 bits per heavy atom. The van der Waals surface area contributed by atoms with E-state index in [4.69, 9.17) is 4.74 Å². The number of ether oxygens (including phenoxy) is 1. The normalized spacial score (nSPS) is 18.6. The van der Waals surface area contributed by atoms with Crippen LogP contribution in [0.5, 0.6) is 0 Å². The lowest BCUT2D eigenvalue weighted by molar-refractivity contribution is 0.120. The summed E-state index contributed by atoms with van der Waals surface area (Å²) in [7, 11) is 0. The SMILES string of the molecule is O=c1[nH]ccn1-c1ccc(NCC2CCCO2)cc1. The molecule has 0 spiro atoms. The van der Waals surface area contributed by atoms with E-state index < -0.39 is 0 Å². The first-order valence-corrected chi connectivity index (χ1v) is 6.55. The van der Waals surface area contributed by atoms with Crippen molar-refractivity contribution in [2.24, 2.45) is 0 Å². The van der Waals surface area contributed by atoms with Gasteiger partial charge in [-0.25, -0.2) is 4.79 Å². The lowest BCUT2D eigenvalue weighted by atomic mass is 10.2.